The van der Waals surface area contributed by atoms with Gasteiger partial charge in [-0.25, -0.2) is 18.4 Å². The van der Waals surface area contributed by atoms with E-state index >= 15 is 0 Å². The lowest BCUT2D eigenvalue weighted by atomic mass is 9.84. The number of ether oxygens (including phenoxy) is 1. The van der Waals surface area contributed by atoms with Crippen LogP contribution < -0.4 is 4.90 Å². The predicted octanol–water partition coefficient (Wildman–Crippen LogP) is 3.62. The van der Waals surface area contributed by atoms with Gasteiger partial charge in [0.1, 0.15) is 11.9 Å². The summed E-state index contributed by atoms with van der Waals surface area (Å²) in [5, 5.41) is 15.0. The summed E-state index contributed by atoms with van der Waals surface area (Å²) in [6.45, 7) is 9.01. The summed E-state index contributed by atoms with van der Waals surface area (Å²) < 4.78 is 34.7. The summed E-state index contributed by atoms with van der Waals surface area (Å²) in [5.74, 6) is -1.13. The van der Waals surface area contributed by atoms with Crippen LogP contribution in [0.2, 0.25) is 0 Å². The first-order valence-corrected chi connectivity index (χ1v) is 11.4. The van der Waals surface area contributed by atoms with E-state index in [0.717, 1.165) is 22.9 Å². The third-order valence-electron chi connectivity index (χ3n) is 6.47. The van der Waals surface area contributed by atoms with Gasteiger partial charge in [0.15, 0.2) is 0 Å². The molecule has 1 aliphatic carbocycles. The minimum Gasteiger partial charge on any atom is -0.388 e. The molecular weight excluding hydrogens is 416 g/mol. The molecular formula is C23H33F2N5O2. The van der Waals surface area contributed by atoms with Gasteiger partial charge < -0.3 is 14.7 Å². The van der Waals surface area contributed by atoms with Crippen molar-refractivity contribution in [3.05, 3.63) is 29.2 Å². The van der Waals surface area contributed by atoms with Crippen LogP contribution >= 0.6 is 0 Å². The van der Waals surface area contributed by atoms with Crippen molar-refractivity contribution >= 4 is 5.82 Å². The van der Waals surface area contributed by atoms with Crippen molar-refractivity contribution < 1.29 is 18.6 Å². The number of nitrogens with zero attached hydrogens (tertiary/aromatic N) is 5. The van der Waals surface area contributed by atoms with Crippen LogP contribution in [0.5, 0.6) is 0 Å². The molecule has 1 saturated carbocycles. The van der Waals surface area contributed by atoms with E-state index in [1.807, 2.05) is 26.0 Å². The molecule has 32 heavy (non-hydrogen) atoms. The van der Waals surface area contributed by atoms with Crippen LogP contribution in [0.1, 0.15) is 56.6 Å². The molecule has 9 heteroatoms. The molecule has 2 aliphatic rings. The van der Waals surface area contributed by atoms with Gasteiger partial charge >= 0.3 is 0 Å². The molecule has 3 heterocycles. The van der Waals surface area contributed by atoms with Crippen LogP contribution in [0.15, 0.2) is 12.1 Å². The Morgan fingerprint density at radius 3 is 2.53 bits per heavy atom. The van der Waals surface area contributed by atoms with Gasteiger partial charge in [-0.1, -0.05) is 0 Å². The molecule has 4 rings (SSSR count). The highest BCUT2D eigenvalue weighted by molar-refractivity contribution is 5.43. The number of anilines is 1. The number of hydrogen-bond donors (Lipinski definition) is 1. The summed E-state index contributed by atoms with van der Waals surface area (Å²) in [6.07, 6.45) is 1.18. The first kappa shape index (κ1) is 23.0. The van der Waals surface area contributed by atoms with Gasteiger partial charge in [0, 0.05) is 43.4 Å². The second kappa shape index (κ2) is 8.67. The van der Waals surface area contributed by atoms with Crippen LogP contribution in [0.3, 0.4) is 0 Å². The van der Waals surface area contributed by atoms with Crippen LogP contribution in [0.4, 0.5) is 14.6 Å². The van der Waals surface area contributed by atoms with Crippen LogP contribution in [0, 0.1) is 19.8 Å². The van der Waals surface area contributed by atoms with Gasteiger partial charge in [-0.3, -0.25) is 0 Å². The maximum absolute atomic E-state index is 13.6. The number of rotatable bonds is 5. The Hall–Kier alpha value is -2.13. The third kappa shape index (κ3) is 5.26. The van der Waals surface area contributed by atoms with Gasteiger partial charge in [0.2, 0.25) is 5.92 Å². The van der Waals surface area contributed by atoms with Crippen molar-refractivity contribution in [2.24, 2.45) is 5.92 Å². The van der Waals surface area contributed by atoms with E-state index in [0.29, 0.717) is 44.9 Å². The Morgan fingerprint density at radius 1 is 1.19 bits per heavy atom. The number of halogens is 2. The average Bonchev–Trinajstić information content (AvgIpc) is 3.07. The van der Waals surface area contributed by atoms with Gasteiger partial charge in [-0.2, -0.15) is 10.1 Å². The lowest BCUT2D eigenvalue weighted by Gasteiger charge is -2.39. The van der Waals surface area contributed by atoms with E-state index in [2.05, 4.69) is 10.00 Å². The molecule has 0 spiro atoms. The van der Waals surface area contributed by atoms with Crippen LogP contribution in [-0.4, -0.2) is 62.2 Å². The second-order valence-corrected chi connectivity index (χ2v) is 9.82. The van der Waals surface area contributed by atoms with E-state index < -0.39 is 11.5 Å². The zero-order valence-corrected chi connectivity index (χ0v) is 19.3. The normalized spacial score (nSPS) is 22.3. The van der Waals surface area contributed by atoms with Gasteiger partial charge in [-0.05, 0) is 58.9 Å². The lowest BCUT2D eigenvalue weighted by Crippen LogP contribution is -2.52. The van der Waals surface area contributed by atoms with E-state index in [1.165, 1.54) is 0 Å². The molecule has 1 unspecified atom stereocenters. The second-order valence-electron chi connectivity index (χ2n) is 9.82. The summed E-state index contributed by atoms with van der Waals surface area (Å²) in [7, 11) is 0. The summed E-state index contributed by atoms with van der Waals surface area (Å²) in [4.78, 5) is 11.7. The Bertz CT molecular complexity index is 946. The topological polar surface area (TPSA) is 76.3 Å². The van der Waals surface area contributed by atoms with Crippen LogP contribution in [-0.2, 0) is 11.2 Å². The number of aromatic nitrogens is 4. The molecule has 0 amide bonds. The standard InChI is InChI=1S/C23H33F2N5O2/c1-15-11-16(2)30(28-15)21-26-18(12-17-5-7-23(24,25)8-6-17)13-20(27-21)29-9-10-32-19(14-29)22(3,4)31/h11,13,17,19,31H,5-10,12,14H2,1-4H3. The molecule has 176 valence electrons. The maximum atomic E-state index is 13.6. The average molecular weight is 450 g/mol. The zero-order chi connectivity index (χ0) is 23.1. The largest absolute Gasteiger partial charge is 0.388 e. The predicted molar refractivity (Wildman–Crippen MR) is 117 cm³/mol. The number of aliphatic hydroxyl groups is 1. The fraction of sp³-hybridized carbons (Fsp3) is 0.696. The zero-order valence-electron chi connectivity index (χ0n) is 19.3. The number of morpholine rings is 1. The van der Waals surface area contributed by atoms with Crippen molar-refractivity contribution in [3.63, 3.8) is 0 Å². The molecule has 0 radical (unpaired) electrons. The minimum absolute atomic E-state index is 0.0589. The van der Waals surface area contributed by atoms with E-state index in [4.69, 9.17) is 14.7 Å². The highest BCUT2D eigenvalue weighted by Crippen LogP contribution is 2.37. The Balaban J connectivity index is 1.64. The van der Waals surface area contributed by atoms with Gasteiger partial charge in [0.25, 0.3) is 5.95 Å². The quantitative estimate of drug-likeness (QED) is 0.751. The molecule has 1 N–H and O–H groups in total. The van der Waals surface area contributed by atoms with Gasteiger partial charge in [0.05, 0.1) is 17.9 Å². The molecule has 1 saturated heterocycles. The molecule has 1 aliphatic heterocycles. The van der Waals surface area contributed by atoms with Crippen molar-refractivity contribution in [1.82, 2.24) is 19.7 Å². The molecule has 1 atom stereocenters. The Labute approximate surface area is 187 Å². The first-order valence-electron chi connectivity index (χ1n) is 11.4. The fourth-order valence-corrected chi connectivity index (χ4v) is 4.55. The van der Waals surface area contributed by atoms with Crippen LogP contribution in [0.25, 0.3) is 5.95 Å². The summed E-state index contributed by atoms with van der Waals surface area (Å²) >= 11 is 0. The van der Waals surface area contributed by atoms with Crippen molar-refractivity contribution in [3.8, 4) is 5.95 Å². The number of aryl methyl sites for hydroxylation is 2. The Kier molecular flexibility index (Phi) is 6.24. The summed E-state index contributed by atoms with van der Waals surface area (Å²) in [5.41, 5.74) is 1.67. The highest BCUT2D eigenvalue weighted by Gasteiger charge is 2.36. The molecule has 2 aromatic heterocycles. The monoisotopic (exact) mass is 449 g/mol. The smallest absolute Gasteiger partial charge is 0.252 e. The third-order valence-corrected chi connectivity index (χ3v) is 6.47. The maximum Gasteiger partial charge on any atom is 0.252 e. The molecule has 0 aromatic carbocycles. The molecule has 0 bridgehead atoms. The molecule has 2 aromatic rings. The fourth-order valence-electron chi connectivity index (χ4n) is 4.55. The highest BCUT2D eigenvalue weighted by atomic mass is 19.3. The SMILES string of the molecule is Cc1cc(C)n(-c2nc(CC3CCC(F)(F)CC3)cc(N3CCOC(C(C)(C)O)C3)n2)n1. The lowest BCUT2D eigenvalue weighted by molar-refractivity contribution is -0.0929. The summed E-state index contributed by atoms with van der Waals surface area (Å²) in [6, 6.07) is 3.92. The number of alkyl halides is 2. The van der Waals surface area contributed by atoms with Crippen molar-refractivity contribution in [2.45, 2.75) is 77.4 Å². The van der Waals surface area contributed by atoms with Crippen molar-refractivity contribution in [2.75, 3.05) is 24.6 Å². The number of hydrogen-bond acceptors (Lipinski definition) is 6. The minimum atomic E-state index is -2.54. The van der Waals surface area contributed by atoms with Gasteiger partial charge in [-0.15, -0.1) is 0 Å². The van der Waals surface area contributed by atoms with E-state index in [9.17, 15) is 13.9 Å². The van der Waals surface area contributed by atoms with Crippen molar-refractivity contribution in [1.29, 1.82) is 0 Å². The molecule has 7 nitrogen and oxygen atoms in total. The Morgan fingerprint density at radius 2 is 1.91 bits per heavy atom. The van der Waals surface area contributed by atoms with E-state index in [-0.39, 0.29) is 24.9 Å². The van der Waals surface area contributed by atoms with E-state index in [1.54, 1.807) is 18.5 Å². The first-order chi connectivity index (χ1) is 15.0. The molecule has 2 fully saturated rings.